The Kier molecular flexibility index (Phi) is 5.59. The predicted octanol–water partition coefficient (Wildman–Crippen LogP) is 3.39. The van der Waals surface area contributed by atoms with Crippen molar-refractivity contribution in [2.24, 2.45) is 5.92 Å². The second kappa shape index (κ2) is 8.34. The molecule has 0 saturated heterocycles. The van der Waals surface area contributed by atoms with Crippen LogP contribution in [0.25, 0.3) is 11.4 Å². The van der Waals surface area contributed by atoms with Gasteiger partial charge in [0, 0.05) is 24.0 Å². The number of ether oxygens (including phenoxy) is 1. The first-order valence-corrected chi connectivity index (χ1v) is 10.4. The maximum atomic E-state index is 13.3. The monoisotopic (exact) mass is 418 g/mol. The summed E-state index contributed by atoms with van der Waals surface area (Å²) in [7, 11) is 1.62. The van der Waals surface area contributed by atoms with Crippen LogP contribution >= 0.6 is 0 Å². The summed E-state index contributed by atoms with van der Waals surface area (Å²) >= 11 is 0. The van der Waals surface area contributed by atoms with E-state index >= 15 is 0 Å². The van der Waals surface area contributed by atoms with Gasteiger partial charge in [0.05, 0.1) is 24.3 Å². The Morgan fingerprint density at radius 1 is 1.19 bits per heavy atom. The average molecular weight is 418 g/mol. The summed E-state index contributed by atoms with van der Waals surface area (Å²) < 4.78 is 5.23. The Labute approximate surface area is 180 Å². The fourth-order valence-electron chi connectivity index (χ4n) is 3.82. The average Bonchev–Trinajstić information content (AvgIpc) is 3.59. The Morgan fingerprint density at radius 2 is 1.94 bits per heavy atom. The van der Waals surface area contributed by atoms with Crippen LogP contribution in [0.15, 0.2) is 59.7 Å². The minimum atomic E-state index is -0.535. The van der Waals surface area contributed by atoms with E-state index in [0.29, 0.717) is 17.1 Å². The highest BCUT2D eigenvalue weighted by Crippen LogP contribution is 2.49. The first-order valence-electron chi connectivity index (χ1n) is 10.4. The number of aromatic nitrogens is 3. The molecule has 31 heavy (non-hydrogen) atoms. The Morgan fingerprint density at radius 3 is 2.52 bits per heavy atom. The van der Waals surface area contributed by atoms with Gasteiger partial charge in [-0.2, -0.15) is 0 Å². The Hall–Kier alpha value is -3.48. The number of pyridine rings is 1. The number of rotatable bonds is 7. The number of nitrogens with zero attached hydrogens (tertiary/aromatic N) is 2. The number of hydrogen-bond acceptors (Lipinski definition) is 5. The van der Waals surface area contributed by atoms with Gasteiger partial charge in [0.25, 0.3) is 5.56 Å². The summed E-state index contributed by atoms with van der Waals surface area (Å²) in [5.74, 6) is 1.20. The van der Waals surface area contributed by atoms with Gasteiger partial charge in [-0.1, -0.05) is 26.0 Å². The molecule has 1 aliphatic rings. The molecule has 1 saturated carbocycles. The van der Waals surface area contributed by atoms with E-state index in [1.807, 2.05) is 44.2 Å². The molecule has 1 aromatic carbocycles. The van der Waals surface area contributed by atoms with Gasteiger partial charge < -0.3 is 15.0 Å². The molecule has 1 amide bonds. The lowest BCUT2D eigenvalue weighted by molar-refractivity contribution is -0.124. The van der Waals surface area contributed by atoms with Crippen LogP contribution in [-0.4, -0.2) is 28.0 Å². The molecule has 2 N–H and O–H groups in total. The van der Waals surface area contributed by atoms with Gasteiger partial charge in [-0.15, -0.1) is 0 Å². The van der Waals surface area contributed by atoms with Gasteiger partial charge in [0.2, 0.25) is 5.91 Å². The van der Waals surface area contributed by atoms with E-state index in [0.717, 1.165) is 24.2 Å². The number of aromatic amines is 1. The Bertz CT molecular complexity index is 1120. The molecule has 0 unspecified atom stereocenters. The zero-order valence-electron chi connectivity index (χ0n) is 17.9. The molecule has 2 heterocycles. The molecule has 0 radical (unpaired) electrons. The fourth-order valence-corrected chi connectivity index (χ4v) is 3.82. The second-order valence-electron chi connectivity index (χ2n) is 8.27. The first-order chi connectivity index (χ1) is 14.9. The van der Waals surface area contributed by atoms with Crippen molar-refractivity contribution in [3.8, 4) is 17.1 Å². The smallest absolute Gasteiger partial charge is 0.251 e. The summed E-state index contributed by atoms with van der Waals surface area (Å²) in [4.78, 5) is 37.2. The first kappa shape index (κ1) is 20.8. The number of carbonyl (C=O) groups excluding carboxylic acids is 1. The summed E-state index contributed by atoms with van der Waals surface area (Å²) in [5.41, 5.74) is 1.43. The molecule has 2 aromatic heterocycles. The van der Waals surface area contributed by atoms with Crippen LogP contribution in [0.3, 0.4) is 0 Å². The van der Waals surface area contributed by atoms with E-state index in [9.17, 15) is 9.59 Å². The van der Waals surface area contributed by atoms with Gasteiger partial charge in [-0.3, -0.25) is 14.6 Å². The molecule has 0 bridgehead atoms. The van der Waals surface area contributed by atoms with Crippen molar-refractivity contribution in [2.45, 2.75) is 38.1 Å². The van der Waals surface area contributed by atoms with Crippen molar-refractivity contribution < 1.29 is 9.53 Å². The SMILES string of the molecule is COc1ccc(C2(C(=O)N[C@H](c3cc(=O)[nH]c(-c4cccnc4)n3)C(C)C)CC2)cc1. The van der Waals surface area contributed by atoms with Crippen LogP contribution in [-0.2, 0) is 10.2 Å². The fraction of sp³-hybridized carbons (Fsp3) is 0.333. The maximum absolute atomic E-state index is 13.3. The molecular formula is C24H26N4O3. The van der Waals surface area contributed by atoms with E-state index in [1.165, 1.54) is 6.07 Å². The number of methoxy groups -OCH3 is 1. The van der Waals surface area contributed by atoms with E-state index in [1.54, 1.807) is 25.6 Å². The number of nitrogens with one attached hydrogen (secondary N) is 2. The molecule has 0 aliphatic heterocycles. The van der Waals surface area contributed by atoms with Crippen LogP contribution in [0.1, 0.15) is 44.0 Å². The topological polar surface area (TPSA) is 97.0 Å². The van der Waals surface area contributed by atoms with Crippen LogP contribution in [0.2, 0.25) is 0 Å². The van der Waals surface area contributed by atoms with Crippen LogP contribution in [0.5, 0.6) is 5.75 Å². The predicted molar refractivity (Wildman–Crippen MR) is 118 cm³/mol. The molecule has 7 nitrogen and oxygen atoms in total. The lowest BCUT2D eigenvalue weighted by Gasteiger charge is -2.25. The van der Waals surface area contributed by atoms with Crippen LogP contribution in [0.4, 0.5) is 0 Å². The van der Waals surface area contributed by atoms with Crippen molar-refractivity contribution in [3.05, 3.63) is 76.5 Å². The molecule has 1 fully saturated rings. The van der Waals surface area contributed by atoms with Gasteiger partial charge in [0.15, 0.2) is 0 Å². The standard InChI is InChI=1S/C24H26N4O3/c1-15(2)21(19-13-20(29)27-22(26-19)16-5-4-12-25-14-16)28-23(30)24(10-11-24)17-6-8-18(31-3)9-7-17/h4-9,12-15,21H,10-11H2,1-3H3,(H,28,30)(H,26,27,29)/t21-/m0/s1. The highest BCUT2D eigenvalue weighted by molar-refractivity contribution is 5.91. The zero-order valence-corrected chi connectivity index (χ0v) is 17.9. The quantitative estimate of drug-likeness (QED) is 0.613. The molecule has 3 aromatic rings. The molecule has 7 heteroatoms. The summed E-state index contributed by atoms with van der Waals surface area (Å²) in [5, 5.41) is 3.17. The largest absolute Gasteiger partial charge is 0.497 e. The number of amides is 1. The van der Waals surface area contributed by atoms with E-state index in [-0.39, 0.29) is 23.4 Å². The van der Waals surface area contributed by atoms with Gasteiger partial charge >= 0.3 is 0 Å². The van der Waals surface area contributed by atoms with Crippen molar-refractivity contribution in [3.63, 3.8) is 0 Å². The second-order valence-corrected chi connectivity index (χ2v) is 8.27. The number of benzene rings is 1. The highest BCUT2D eigenvalue weighted by Gasteiger charge is 2.51. The van der Waals surface area contributed by atoms with Crippen molar-refractivity contribution in [1.29, 1.82) is 0 Å². The van der Waals surface area contributed by atoms with Crippen LogP contribution < -0.4 is 15.6 Å². The van der Waals surface area contributed by atoms with E-state index < -0.39 is 5.41 Å². The third-order valence-electron chi connectivity index (χ3n) is 5.80. The van der Waals surface area contributed by atoms with E-state index in [4.69, 9.17) is 4.74 Å². The number of hydrogen-bond donors (Lipinski definition) is 2. The number of carbonyl (C=O) groups is 1. The van der Waals surface area contributed by atoms with Crippen molar-refractivity contribution >= 4 is 5.91 Å². The lowest BCUT2D eigenvalue weighted by atomic mass is 9.93. The van der Waals surface area contributed by atoms with Gasteiger partial charge in [-0.05, 0) is 48.6 Å². The maximum Gasteiger partial charge on any atom is 0.251 e. The summed E-state index contributed by atoms with van der Waals surface area (Å²) in [6, 6.07) is 12.3. The molecule has 1 atom stereocenters. The van der Waals surface area contributed by atoms with Crippen LogP contribution in [0, 0.1) is 5.92 Å². The van der Waals surface area contributed by atoms with E-state index in [2.05, 4.69) is 20.3 Å². The molecule has 160 valence electrons. The van der Waals surface area contributed by atoms with Gasteiger partial charge in [0.1, 0.15) is 11.6 Å². The van der Waals surface area contributed by atoms with Crippen molar-refractivity contribution in [1.82, 2.24) is 20.3 Å². The van der Waals surface area contributed by atoms with Crippen molar-refractivity contribution in [2.75, 3.05) is 7.11 Å². The zero-order chi connectivity index (χ0) is 22.0. The highest BCUT2D eigenvalue weighted by atomic mass is 16.5. The summed E-state index contributed by atoms with van der Waals surface area (Å²) in [6.45, 7) is 4.01. The third-order valence-corrected chi connectivity index (χ3v) is 5.80. The lowest BCUT2D eigenvalue weighted by Crippen LogP contribution is -2.40. The normalized spacial score (nSPS) is 15.4. The molecule has 1 aliphatic carbocycles. The minimum absolute atomic E-state index is 0.0404. The molecule has 4 rings (SSSR count). The minimum Gasteiger partial charge on any atom is -0.497 e. The van der Waals surface area contributed by atoms with Gasteiger partial charge in [-0.25, -0.2) is 4.98 Å². The molecule has 0 spiro atoms. The summed E-state index contributed by atoms with van der Waals surface area (Å²) in [6.07, 6.45) is 4.89. The third kappa shape index (κ3) is 4.21. The Balaban J connectivity index is 1.62. The number of H-pyrrole nitrogens is 1. The molecular weight excluding hydrogens is 392 g/mol.